The molecule has 0 saturated carbocycles. The molecular weight excluding hydrogens is 538 g/mol. The van der Waals surface area contributed by atoms with Crippen LogP contribution in [0, 0.1) is 6.92 Å². The molecule has 0 spiro atoms. The number of nitrogens with one attached hydrogen (secondary N) is 2. The summed E-state index contributed by atoms with van der Waals surface area (Å²) in [6, 6.07) is 9.80. The Morgan fingerprint density at radius 2 is 1.80 bits per heavy atom. The molecule has 4 rings (SSSR count). The zero-order valence-electron chi connectivity index (χ0n) is 22.8. The third-order valence-corrected chi connectivity index (χ3v) is 7.44. The second-order valence-corrected chi connectivity index (χ2v) is 10.8. The topological polar surface area (TPSA) is 162 Å². The quantitative estimate of drug-likeness (QED) is 0.252. The van der Waals surface area contributed by atoms with Gasteiger partial charge in [-0.15, -0.1) is 0 Å². The summed E-state index contributed by atoms with van der Waals surface area (Å²) in [5, 5.41) is 13.3. The third kappa shape index (κ3) is 5.75. The number of rotatable bonds is 10. The highest BCUT2D eigenvalue weighted by Gasteiger charge is 2.25. The normalized spacial score (nSPS) is 11.5. The first-order valence-corrected chi connectivity index (χ1v) is 13.6. The highest BCUT2D eigenvalue weighted by molar-refractivity contribution is 7.89. The van der Waals surface area contributed by atoms with Crippen molar-refractivity contribution in [1.29, 1.82) is 0 Å². The average Bonchev–Trinajstić information content (AvgIpc) is 2.91. The minimum absolute atomic E-state index is 0.0253. The fourth-order valence-electron chi connectivity index (χ4n) is 4.17. The van der Waals surface area contributed by atoms with Crippen LogP contribution in [-0.2, 0) is 10.0 Å². The lowest BCUT2D eigenvalue weighted by molar-refractivity contribution is 0.0696. The van der Waals surface area contributed by atoms with Crippen LogP contribution in [-0.4, -0.2) is 61.8 Å². The van der Waals surface area contributed by atoms with Crippen LogP contribution in [0.1, 0.15) is 29.9 Å². The first kappa shape index (κ1) is 28.5. The predicted molar refractivity (Wildman–Crippen MR) is 149 cm³/mol. The smallest absolute Gasteiger partial charge is 0.335 e. The molecule has 210 valence electrons. The van der Waals surface area contributed by atoms with Crippen LogP contribution in [0.5, 0.6) is 17.6 Å². The Bertz CT molecular complexity index is 1710. The summed E-state index contributed by atoms with van der Waals surface area (Å²) >= 11 is 0. The number of sulfonamides is 1. The van der Waals surface area contributed by atoms with Crippen molar-refractivity contribution >= 4 is 38.3 Å². The molecule has 2 heterocycles. The Labute approximate surface area is 231 Å². The highest BCUT2D eigenvalue weighted by Crippen LogP contribution is 2.38. The van der Waals surface area contributed by atoms with Gasteiger partial charge in [0.15, 0.2) is 0 Å². The number of benzene rings is 2. The van der Waals surface area contributed by atoms with Gasteiger partial charge in [-0.2, -0.15) is 4.98 Å². The molecule has 0 amide bonds. The van der Waals surface area contributed by atoms with E-state index in [-0.39, 0.29) is 34.0 Å². The van der Waals surface area contributed by atoms with E-state index in [1.807, 2.05) is 13.8 Å². The van der Waals surface area contributed by atoms with Gasteiger partial charge < -0.3 is 24.6 Å². The Kier molecular flexibility index (Phi) is 8.07. The number of ether oxygens (including phenoxy) is 3. The maximum atomic E-state index is 13.1. The van der Waals surface area contributed by atoms with Crippen molar-refractivity contribution < 1.29 is 32.5 Å². The van der Waals surface area contributed by atoms with E-state index in [1.165, 1.54) is 33.4 Å². The minimum Gasteiger partial charge on any atom is -0.491 e. The fourth-order valence-corrected chi connectivity index (χ4v) is 5.24. The van der Waals surface area contributed by atoms with E-state index in [0.29, 0.717) is 39.3 Å². The van der Waals surface area contributed by atoms with Gasteiger partial charge in [0.2, 0.25) is 15.9 Å². The second kappa shape index (κ2) is 11.3. The van der Waals surface area contributed by atoms with Crippen molar-refractivity contribution in [2.24, 2.45) is 0 Å². The van der Waals surface area contributed by atoms with E-state index in [1.54, 1.807) is 37.4 Å². The molecule has 0 unspecified atom stereocenters. The molecule has 2 aromatic carbocycles. The van der Waals surface area contributed by atoms with E-state index in [2.05, 4.69) is 25.0 Å². The average molecular weight is 568 g/mol. The Balaban J connectivity index is 1.95. The van der Waals surface area contributed by atoms with Gasteiger partial charge in [0.25, 0.3) is 0 Å². The number of hydrogen-bond acceptors (Lipinski definition) is 10. The number of methoxy groups -OCH3 is 2. The standard InChI is InChI=1S/C27H29N5O7S/c1-14(2)39-19-10-17(26(33)34)9-18(12-19)31-23-20-8-7-16(21-13-29-27(38-6)32-25(21)37-5)11-22(20)30-15(3)24(23)40(35,36)28-4/h7-14,28H,1-6H3,(H,30,31)(H,33,34). The first-order valence-electron chi connectivity index (χ1n) is 12.1. The Morgan fingerprint density at radius 3 is 2.42 bits per heavy atom. The number of aromatic nitrogens is 3. The number of carboxylic acid groups (broad SMARTS) is 1. The molecule has 40 heavy (non-hydrogen) atoms. The molecule has 0 aliphatic rings. The van der Waals surface area contributed by atoms with Gasteiger partial charge in [-0.25, -0.2) is 22.9 Å². The minimum atomic E-state index is -3.98. The van der Waals surface area contributed by atoms with Gasteiger partial charge >= 0.3 is 12.0 Å². The molecule has 13 heteroatoms. The zero-order chi connectivity index (χ0) is 29.2. The molecule has 0 radical (unpaired) electrons. The van der Waals surface area contributed by atoms with E-state index in [9.17, 15) is 18.3 Å². The number of pyridine rings is 1. The van der Waals surface area contributed by atoms with Crippen LogP contribution in [0.4, 0.5) is 11.4 Å². The molecule has 12 nitrogen and oxygen atoms in total. The highest BCUT2D eigenvalue weighted by atomic mass is 32.2. The summed E-state index contributed by atoms with van der Waals surface area (Å²) in [6.07, 6.45) is 1.35. The maximum absolute atomic E-state index is 13.1. The summed E-state index contributed by atoms with van der Waals surface area (Å²) in [5.74, 6) is -0.547. The van der Waals surface area contributed by atoms with Crippen molar-refractivity contribution in [3.8, 4) is 28.8 Å². The fraction of sp³-hybridized carbons (Fsp3) is 0.259. The number of aryl methyl sites for hydroxylation is 1. The number of fused-ring (bicyclic) bond motifs is 1. The number of carbonyl (C=O) groups is 1. The van der Waals surface area contributed by atoms with Crippen LogP contribution in [0.2, 0.25) is 0 Å². The van der Waals surface area contributed by atoms with Crippen molar-refractivity contribution in [2.45, 2.75) is 31.8 Å². The van der Waals surface area contributed by atoms with Crippen molar-refractivity contribution in [2.75, 3.05) is 26.6 Å². The van der Waals surface area contributed by atoms with Crippen molar-refractivity contribution in [1.82, 2.24) is 19.7 Å². The zero-order valence-corrected chi connectivity index (χ0v) is 23.6. The molecule has 4 aromatic rings. The SMILES string of the molecule is CNS(=O)(=O)c1c(C)nc2cc(-c3cnc(OC)nc3OC)ccc2c1Nc1cc(OC(C)C)cc(C(=O)O)c1. The summed E-state index contributed by atoms with van der Waals surface area (Å²) in [4.78, 5) is 24.7. The lowest BCUT2D eigenvalue weighted by Crippen LogP contribution is -2.21. The maximum Gasteiger partial charge on any atom is 0.335 e. The van der Waals surface area contributed by atoms with Gasteiger partial charge in [0.05, 0.1) is 48.3 Å². The van der Waals surface area contributed by atoms with Crippen LogP contribution in [0.25, 0.3) is 22.0 Å². The molecular formula is C27H29N5O7S. The molecule has 0 aliphatic heterocycles. The molecule has 3 N–H and O–H groups in total. The number of aromatic carboxylic acids is 1. The second-order valence-electron chi connectivity index (χ2n) is 8.96. The molecule has 0 atom stereocenters. The Hall–Kier alpha value is -4.49. The summed E-state index contributed by atoms with van der Waals surface area (Å²) in [5.41, 5.74) is 2.47. The predicted octanol–water partition coefficient (Wildman–Crippen LogP) is 4.15. The number of nitrogens with zero attached hydrogens (tertiary/aromatic N) is 3. The summed E-state index contributed by atoms with van der Waals surface area (Å²) < 4.78 is 44.9. The van der Waals surface area contributed by atoms with Gasteiger partial charge in [-0.05, 0) is 51.6 Å². The largest absolute Gasteiger partial charge is 0.491 e. The Morgan fingerprint density at radius 1 is 1.05 bits per heavy atom. The monoisotopic (exact) mass is 567 g/mol. The van der Waals surface area contributed by atoms with Crippen LogP contribution in [0.15, 0.2) is 47.5 Å². The molecule has 0 aliphatic carbocycles. The molecule has 0 bridgehead atoms. The van der Waals surface area contributed by atoms with Gasteiger partial charge in [0, 0.05) is 23.3 Å². The number of hydrogen-bond donors (Lipinski definition) is 3. The first-order chi connectivity index (χ1) is 19.0. The molecule has 0 fully saturated rings. The number of carboxylic acids is 1. The molecule has 0 saturated heterocycles. The van der Waals surface area contributed by atoms with Crippen molar-refractivity contribution in [3.63, 3.8) is 0 Å². The van der Waals surface area contributed by atoms with E-state index in [0.717, 1.165) is 0 Å². The number of anilines is 2. The van der Waals surface area contributed by atoms with Gasteiger partial charge in [0.1, 0.15) is 10.6 Å². The van der Waals surface area contributed by atoms with Crippen LogP contribution in [0.3, 0.4) is 0 Å². The summed E-state index contributed by atoms with van der Waals surface area (Å²) in [7, 11) is 0.254. The van der Waals surface area contributed by atoms with E-state index < -0.39 is 16.0 Å². The van der Waals surface area contributed by atoms with Crippen LogP contribution >= 0.6 is 0 Å². The van der Waals surface area contributed by atoms with E-state index in [4.69, 9.17) is 14.2 Å². The lowest BCUT2D eigenvalue weighted by atomic mass is 10.0. The summed E-state index contributed by atoms with van der Waals surface area (Å²) in [6.45, 7) is 5.22. The molecule has 2 aromatic heterocycles. The van der Waals surface area contributed by atoms with Gasteiger partial charge in [-0.3, -0.25) is 4.98 Å². The van der Waals surface area contributed by atoms with Crippen LogP contribution < -0.4 is 24.2 Å². The van der Waals surface area contributed by atoms with Gasteiger partial charge in [-0.1, -0.05) is 12.1 Å². The van der Waals surface area contributed by atoms with Crippen molar-refractivity contribution in [3.05, 3.63) is 53.9 Å². The third-order valence-electron chi connectivity index (χ3n) is 5.86. The lowest BCUT2D eigenvalue weighted by Gasteiger charge is -2.19. The van der Waals surface area contributed by atoms with E-state index >= 15 is 0 Å².